The second-order valence-electron chi connectivity index (χ2n) is 20.3. The summed E-state index contributed by atoms with van der Waals surface area (Å²) in [5.74, 6) is 3.20. The van der Waals surface area contributed by atoms with Crippen molar-refractivity contribution in [2.24, 2.45) is 0 Å². The normalized spacial score (nSPS) is 12.0. The van der Waals surface area contributed by atoms with Gasteiger partial charge in [0.05, 0.1) is 11.4 Å². The summed E-state index contributed by atoms with van der Waals surface area (Å²) in [4.78, 5) is 4.81. The van der Waals surface area contributed by atoms with E-state index in [-0.39, 0.29) is 6.71 Å². The summed E-state index contributed by atoms with van der Waals surface area (Å²) in [6.07, 6.45) is 0. The van der Waals surface area contributed by atoms with E-state index < -0.39 is 0 Å². The quantitative estimate of drug-likeness (QED) is 0.127. The molecule has 0 bridgehead atoms. The van der Waals surface area contributed by atoms with Gasteiger partial charge in [0.1, 0.15) is 23.0 Å². The minimum Gasteiger partial charge on any atom is -0.458 e. The maximum Gasteiger partial charge on any atom is 0.262 e. The molecule has 370 valence electrons. The zero-order valence-corrected chi connectivity index (χ0v) is 43.1. The lowest BCUT2D eigenvalue weighted by Crippen LogP contribution is -2.58. The molecule has 13 aromatic rings. The molecule has 2 heterocycles. The van der Waals surface area contributed by atoms with Crippen molar-refractivity contribution in [3.63, 3.8) is 0 Å². The molecule has 5 heteroatoms. The molecule has 0 aromatic heterocycles. The lowest BCUT2D eigenvalue weighted by Gasteiger charge is -2.37. The highest BCUT2D eigenvalue weighted by Crippen LogP contribution is 2.48. The molecule has 0 N–H and O–H groups in total. The van der Waals surface area contributed by atoms with E-state index in [4.69, 9.17) is 9.47 Å². The van der Waals surface area contributed by atoms with Crippen molar-refractivity contribution in [2.75, 3.05) is 9.80 Å². The fraction of sp³-hybridized carbons (Fsp3) is 0. The van der Waals surface area contributed by atoms with Crippen LogP contribution in [-0.2, 0) is 0 Å². The molecule has 4 nitrogen and oxygen atoms in total. The zero-order chi connectivity index (χ0) is 52.2. The van der Waals surface area contributed by atoms with E-state index in [0.29, 0.717) is 0 Å². The zero-order valence-electron chi connectivity index (χ0n) is 43.1. The summed E-state index contributed by atoms with van der Waals surface area (Å²) in [6.45, 7) is -0.232. The first-order valence-electron chi connectivity index (χ1n) is 27.0. The van der Waals surface area contributed by atoms with Gasteiger partial charge in [-0.25, -0.2) is 0 Å². The van der Waals surface area contributed by atoms with Gasteiger partial charge in [-0.05, 0) is 127 Å². The van der Waals surface area contributed by atoms with Gasteiger partial charge in [0.25, 0.3) is 6.71 Å². The lowest BCUT2D eigenvalue weighted by atomic mass is 9.33. The first kappa shape index (κ1) is 46.0. The van der Waals surface area contributed by atoms with Crippen molar-refractivity contribution >= 4 is 78.8 Å². The molecule has 79 heavy (non-hydrogen) atoms. The minimum atomic E-state index is -0.232. The average Bonchev–Trinajstić information content (AvgIpc) is 3.42. The van der Waals surface area contributed by atoms with Crippen LogP contribution in [0.25, 0.3) is 66.1 Å². The highest BCUT2D eigenvalue weighted by atomic mass is 16.5. The third kappa shape index (κ3) is 8.11. The monoisotopic (exact) mass is 1010 g/mol. The van der Waals surface area contributed by atoms with Gasteiger partial charge < -0.3 is 19.3 Å². The van der Waals surface area contributed by atoms with Crippen LogP contribution in [0.1, 0.15) is 0 Å². The van der Waals surface area contributed by atoms with Crippen LogP contribution in [0, 0.1) is 0 Å². The van der Waals surface area contributed by atoms with Crippen molar-refractivity contribution in [1.29, 1.82) is 0 Å². The van der Waals surface area contributed by atoms with Gasteiger partial charge >= 0.3 is 0 Å². The Balaban J connectivity index is 0.953. The summed E-state index contributed by atoms with van der Waals surface area (Å²) in [6, 6.07) is 107. The highest BCUT2D eigenvalue weighted by Gasteiger charge is 2.43. The molecule has 0 fully saturated rings. The molecule has 0 atom stereocenters. The Morgan fingerprint density at radius 2 is 0.494 bits per heavy atom. The van der Waals surface area contributed by atoms with Crippen LogP contribution in [0.2, 0.25) is 0 Å². The number of hydrogen-bond acceptors (Lipinski definition) is 4. The topological polar surface area (TPSA) is 24.9 Å². The second-order valence-corrected chi connectivity index (χ2v) is 20.3. The Kier molecular flexibility index (Phi) is 11.3. The Morgan fingerprint density at radius 3 is 0.823 bits per heavy atom. The molecular weight excluding hydrogens is 960 g/mol. The number of hydrogen-bond donors (Lipinski definition) is 0. The maximum atomic E-state index is 7.27. The number of rotatable bonds is 10. The van der Waals surface area contributed by atoms with Gasteiger partial charge in [-0.2, -0.15) is 0 Å². The Morgan fingerprint density at radius 1 is 0.215 bits per heavy atom. The SMILES string of the molecule is c1ccc(-c2cccc(N(c3cccc(-c4ccccc4)c3)c3cc4c(c5ccccc35)B3c5c(cccc5Oc5cc(N(c6cccc(-c7ccccc7)c6)c6cccc(-c7ccccc7)c6)c6ccccc6c53)O4)c2)cc1. The number of anilines is 6. The standard InChI is InChI=1S/C74H49BN2O2/c1-5-22-50(23-6-1)54-30-17-34-58(44-54)76(59-35-18-31-55(45-59)51-24-7-2-8-25-51)66-48-70-72(64-40-15-13-38-62(64)66)75-73-65-41-16-14-39-63(65)67(49-71(73)79-69-43-21-42-68(78-70)74(69)75)77(60-36-19-32-56(46-60)52-26-9-3-10-27-52)61-37-20-33-57(47-61)53-28-11-4-12-29-53/h1-49H. The summed E-state index contributed by atoms with van der Waals surface area (Å²) in [5, 5.41) is 4.44. The molecule has 0 spiro atoms. The molecule has 2 aliphatic rings. The smallest absolute Gasteiger partial charge is 0.262 e. The van der Waals surface area contributed by atoms with Crippen LogP contribution in [-0.4, -0.2) is 6.71 Å². The molecule has 0 radical (unpaired) electrons. The minimum absolute atomic E-state index is 0.232. The van der Waals surface area contributed by atoms with E-state index in [1.165, 1.54) is 0 Å². The van der Waals surface area contributed by atoms with Gasteiger partial charge in [0.2, 0.25) is 0 Å². The third-order valence-electron chi connectivity index (χ3n) is 15.7. The van der Waals surface area contributed by atoms with E-state index in [0.717, 1.165) is 140 Å². The summed E-state index contributed by atoms with van der Waals surface area (Å²) < 4.78 is 14.5. The van der Waals surface area contributed by atoms with Crippen molar-refractivity contribution in [3.05, 3.63) is 297 Å². The van der Waals surface area contributed by atoms with E-state index >= 15 is 0 Å². The molecule has 0 saturated heterocycles. The fourth-order valence-corrected chi connectivity index (χ4v) is 12.2. The molecule has 0 aliphatic carbocycles. The van der Waals surface area contributed by atoms with Crippen LogP contribution >= 0.6 is 0 Å². The Hall–Kier alpha value is -10.4. The molecule has 2 aliphatic heterocycles. The summed E-state index contributed by atoms with van der Waals surface area (Å²) in [7, 11) is 0. The van der Waals surface area contributed by atoms with Gasteiger partial charge in [-0.3, -0.25) is 0 Å². The second kappa shape index (κ2) is 19.3. The molecule has 15 rings (SSSR count). The Labute approximate surface area is 460 Å². The van der Waals surface area contributed by atoms with Crippen molar-refractivity contribution in [2.45, 2.75) is 0 Å². The van der Waals surface area contributed by atoms with Crippen LogP contribution < -0.4 is 35.7 Å². The summed E-state index contributed by atoms with van der Waals surface area (Å²) >= 11 is 0. The van der Waals surface area contributed by atoms with Crippen LogP contribution in [0.5, 0.6) is 23.0 Å². The van der Waals surface area contributed by atoms with Gasteiger partial charge in [0, 0.05) is 51.1 Å². The number of nitrogens with zero attached hydrogens (tertiary/aromatic N) is 2. The number of ether oxygens (including phenoxy) is 2. The fourth-order valence-electron chi connectivity index (χ4n) is 12.2. The highest BCUT2D eigenvalue weighted by molar-refractivity contribution is 7.01. The van der Waals surface area contributed by atoms with Crippen LogP contribution in [0.4, 0.5) is 34.1 Å². The van der Waals surface area contributed by atoms with Crippen LogP contribution in [0.3, 0.4) is 0 Å². The van der Waals surface area contributed by atoms with Gasteiger partial charge in [-0.1, -0.05) is 224 Å². The van der Waals surface area contributed by atoms with E-state index in [9.17, 15) is 0 Å². The lowest BCUT2D eigenvalue weighted by molar-refractivity contribution is 0.465. The third-order valence-corrected chi connectivity index (χ3v) is 15.7. The molecule has 0 unspecified atom stereocenters. The van der Waals surface area contributed by atoms with Gasteiger partial charge in [-0.15, -0.1) is 0 Å². The van der Waals surface area contributed by atoms with Crippen molar-refractivity contribution in [3.8, 4) is 67.5 Å². The first-order chi connectivity index (χ1) is 39.2. The molecular formula is C74H49BN2O2. The number of fused-ring (bicyclic) bond motifs is 8. The Bertz CT molecular complexity index is 4000. The predicted octanol–water partition coefficient (Wildman–Crippen LogP) is 18.3. The average molecular weight is 1010 g/mol. The van der Waals surface area contributed by atoms with E-state index in [1.54, 1.807) is 0 Å². The summed E-state index contributed by atoms with van der Waals surface area (Å²) in [5.41, 5.74) is 18.6. The maximum absolute atomic E-state index is 7.27. The molecule has 0 amide bonds. The van der Waals surface area contributed by atoms with Gasteiger partial charge in [0.15, 0.2) is 0 Å². The largest absolute Gasteiger partial charge is 0.458 e. The van der Waals surface area contributed by atoms with Crippen molar-refractivity contribution < 1.29 is 9.47 Å². The first-order valence-corrected chi connectivity index (χ1v) is 27.0. The van der Waals surface area contributed by atoms with Crippen LogP contribution in [0.15, 0.2) is 297 Å². The van der Waals surface area contributed by atoms with Crippen molar-refractivity contribution in [1.82, 2.24) is 0 Å². The molecule has 13 aromatic carbocycles. The predicted molar refractivity (Wildman–Crippen MR) is 330 cm³/mol. The number of benzene rings is 13. The van der Waals surface area contributed by atoms with E-state index in [1.807, 2.05) is 0 Å². The van der Waals surface area contributed by atoms with E-state index in [2.05, 4.69) is 307 Å². The molecule has 0 saturated carbocycles.